The third kappa shape index (κ3) is 13.3. The third-order valence-corrected chi connectivity index (χ3v) is 19.2. The van der Waals surface area contributed by atoms with Gasteiger partial charge in [-0.15, -0.1) is 0 Å². The number of benzene rings is 11. The number of imidazole rings is 2. The predicted octanol–water partition coefficient (Wildman–Crippen LogP) is 20.2. The molecule has 1 aliphatic heterocycles. The summed E-state index contributed by atoms with van der Waals surface area (Å²) < 4.78 is 23.4. The van der Waals surface area contributed by atoms with Crippen LogP contribution in [0.4, 0.5) is 45.8 Å². The van der Waals surface area contributed by atoms with Gasteiger partial charge in [0.1, 0.15) is 47.5 Å². The zero-order chi connectivity index (χ0) is 68.6. The normalized spacial score (nSPS) is 11.9. The average molecular weight is 1340 g/mol. The molecule has 4 aromatic heterocycles. The van der Waals surface area contributed by atoms with E-state index in [1.165, 1.54) is 34.2 Å². The number of nitrogen functional groups attached to an aromatic ring is 2. The molecule has 4 N–H and O–H groups in total. The van der Waals surface area contributed by atoms with Crippen LogP contribution in [-0.2, 0) is 19.7 Å². The molecule has 0 atom stereocenters. The van der Waals surface area contributed by atoms with Crippen LogP contribution in [-0.4, -0.2) is 52.3 Å². The Morgan fingerprint density at radius 3 is 1.18 bits per heavy atom. The number of anilines is 8. The number of nitrogens with two attached hydrogens (primary N) is 2. The number of fused-ring (bicyclic) bond motifs is 9. The number of hydrogen-bond acceptors (Lipinski definition) is 13. The first kappa shape index (κ1) is 64.1. The van der Waals surface area contributed by atoms with Crippen LogP contribution in [0.2, 0.25) is 0 Å². The van der Waals surface area contributed by atoms with Gasteiger partial charge in [-0.05, 0) is 159 Å². The molecule has 0 unspecified atom stereocenters. The summed E-state index contributed by atoms with van der Waals surface area (Å²) >= 11 is 0. The van der Waals surface area contributed by atoms with Crippen molar-refractivity contribution in [2.75, 3.05) is 34.5 Å². The molecule has 15 nitrogen and oxygen atoms in total. The van der Waals surface area contributed by atoms with E-state index in [0.717, 1.165) is 177 Å². The van der Waals surface area contributed by atoms with Crippen LogP contribution in [0, 0.1) is 0 Å². The topological polar surface area (TPSA) is 173 Å². The highest BCUT2D eigenvalue weighted by Crippen LogP contribution is 2.59. The number of para-hydroxylation sites is 3. The summed E-state index contributed by atoms with van der Waals surface area (Å²) in [5, 5.41) is 4.85. The summed E-state index contributed by atoms with van der Waals surface area (Å²) in [4.78, 5) is 30.7. The fourth-order valence-corrected chi connectivity index (χ4v) is 14.2. The standard InChI is InChI=1S/C87H76N12O3/c88-84-80-86(92-56-90-84)96(58-94-80)51-17-1-3-19-53-100-69-45-37-65(38-46-69)79(66-39-47-70(48-40-66)101-54-20-4-2-18-52-97-59-95-81-85(89)91-57-93-87(81)97)78(63-21-7-5-8-22-63)64-41-49-71(50-42-64)102-55-60-31-33-61(34-32-60)62-35-43-68(44-36-62)99-77-30-16-15-29-76(77)98(67-23-9-6-10-24-67)82-74-27-13-11-25-72(74)73-26-12-14-28-75(73)83(82)99/h5-16,21-50,56-59H,1-4,17-20,51-55H2,(H2,88,90,92)(H2,89,91,93). The number of unbranched alkanes of at least 4 members (excludes halogenated alkanes) is 6. The first-order chi connectivity index (χ1) is 50.5. The van der Waals surface area contributed by atoms with E-state index in [0.29, 0.717) is 42.5 Å². The van der Waals surface area contributed by atoms with Gasteiger partial charge in [0, 0.05) is 35.2 Å². The highest BCUT2D eigenvalue weighted by Gasteiger charge is 2.34. The Morgan fingerprint density at radius 1 is 0.324 bits per heavy atom. The summed E-state index contributed by atoms with van der Waals surface area (Å²) in [6.07, 6.45) is 14.6. The van der Waals surface area contributed by atoms with Crippen LogP contribution in [0.5, 0.6) is 17.2 Å². The smallest absolute Gasteiger partial charge is 0.165 e. The minimum Gasteiger partial charge on any atom is -0.494 e. The number of ether oxygens (including phenoxy) is 3. The van der Waals surface area contributed by atoms with Gasteiger partial charge in [-0.25, -0.2) is 29.9 Å². The predicted molar refractivity (Wildman–Crippen MR) is 412 cm³/mol. The summed E-state index contributed by atoms with van der Waals surface area (Å²) in [5.74, 6) is 3.25. The van der Waals surface area contributed by atoms with Gasteiger partial charge in [0.25, 0.3) is 0 Å². The molecule has 11 aromatic carbocycles. The Hall–Kier alpha value is -12.6. The van der Waals surface area contributed by atoms with E-state index in [9.17, 15) is 0 Å². The van der Waals surface area contributed by atoms with E-state index >= 15 is 0 Å². The van der Waals surface area contributed by atoms with Gasteiger partial charge in [0.15, 0.2) is 22.9 Å². The summed E-state index contributed by atoms with van der Waals surface area (Å²) in [6.45, 7) is 3.30. The molecule has 0 bridgehead atoms. The number of aryl methyl sites for hydroxylation is 2. The molecule has 0 saturated carbocycles. The van der Waals surface area contributed by atoms with Gasteiger partial charge in [0.05, 0.1) is 48.6 Å². The lowest BCUT2D eigenvalue weighted by Crippen LogP contribution is -2.24. The second kappa shape index (κ2) is 29.4. The maximum atomic E-state index is 6.58. The van der Waals surface area contributed by atoms with Crippen molar-refractivity contribution in [3.63, 3.8) is 0 Å². The van der Waals surface area contributed by atoms with Crippen molar-refractivity contribution in [1.82, 2.24) is 39.0 Å². The second-order valence-corrected chi connectivity index (χ2v) is 25.8. The average Bonchev–Trinajstić information content (AvgIpc) is 0.867. The van der Waals surface area contributed by atoms with Crippen molar-refractivity contribution >= 4 is 101 Å². The van der Waals surface area contributed by atoms with Gasteiger partial charge in [-0.3, -0.25) is 0 Å². The molecular weight excluding hydrogens is 1260 g/mol. The molecular formula is C87H76N12O3. The van der Waals surface area contributed by atoms with Crippen LogP contribution in [0.15, 0.2) is 280 Å². The fraction of sp³-hybridized carbons (Fsp3) is 0.149. The van der Waals surface area contributed by atoms with E-state index in [2.05, 4.69) is 294 Å². The van der Waals surface area contributed by atoms with Crippen LogP contribution in [0.25, 0.3) is 66.1 Å². The molecule has 15 heteroatoms. The number of rotatable bonds is 26. The van der Waals surface area contributed by atoms with Gasteiger partial charge in [-0.1, -0.05) is 208 Å². The Kier molecular flexibility index (Phi) is 18.5. The van der Waals surface area contributed by atoms with Crippen molar-refractivity contribution in [1.29, 1.82) is 0 Å². The van der Waals surface area contributed by atoms with Crippen LogP contribution in [0.3, 0.4) is 0 Å². The maximum absolute atomic E-state index is 6.58. The molecule has 16 rings (SSSR count). The van der Waals surface area contributed by atoms with E-state index in [4.69, 9.17) is 25.7 Å². The molecule has 102 heavy (non-hydrogen) atoms. The first-order valence-corrected chi connectivity index (χ1v) is 35.1. The SMILES string of the molecule is Nc1ncnc2c1ncn2CCCCCCOc1ccc(C(=C(c2ccccc2)c2ccc(OCc3ccc(-c4ccc(N5c6ccccc6N(c6ccccc6)c6c5c5ccccc5c5ccccc65)cc4)cc3)cc2)c2ccc(OCCCCCCn3cnc4c(N)ncnc43)cc2)cc1. The molecule has 0 spiro atoms. The molecule has 0 amide bonds. The lowest BCUT2D eigenvalue weighted by molar-refractivity contribution is 0.304. The maximum Gasteiger partial charge on any atom is 0.165 e. The van der Waals surface area contributed by atoms with Gasteiger partial charge < -0.3 is 44.6 Å². The highest BCUT2D eigenvalue weighted by atomic mass is 16.5. The Morgan fingerprint density at radius 2 is 0.706 bits per heavy atom. The van der Waals surface area contributed by atoms with E-state index in [1.807, 2.05) is 9.13 Å². The summed E-state index contributed by atoms with van der Waals surface area (Å²) in [5.41, 5.74) is 31.4. The van der Waals surface area contributed by atoms with Crippen molar-refractivity contribution < 1.29 is 14.2 Å². The van der Waals surface area contributed by atoms with Crippen molar-refractivity contribution in [2.24, 2.45) is 0 Å². The number of hydrogen-bond donors (Lipinski definition) is 2. The number of nitrogens with zero attached hydrogens (tertiary/aromatic N) is 10. The number of aromatic nitrogens is 8. The molecule has 15 aromatic rings. The summed E-state index contributed by atoms with van der Waals surface area (Å²) in [7, 11) is 0. The molecule has 0 radical (unpaired) electrons. The molecule has 5 heterocycles. The zero-order valence-corrected chi connectivity index (χ0v) is 56.6. The molecule has 0 saturated heterocycles. The Labute approximate surface area is 592 Å². The van der Waals surface area contributed by atoms with E-state index in [1.54, 1.807) is 12.7 Å². The van der Waals surface area contributed by atoms with Crippen LogP contribution in [0.1, 0.15) is 79.2 Å². The monoisotopic (exact) mass is 1340 g/mol. The van der Waals surface area contributed by atoms with E-state index in [-0.39, 0.29) is 0 Å². The molecule has 502 valence electrons. The molecule has 1 aliphatic rings. The van der Waals surface area contributed by atoms with Crippen molar-refractivity contribution in [2.45, 2.75) is 71.1 Å². The largest absolute Gasteiger partial charge is 0.494 e. The van der Waals surface area contributed by atoms with Gasteiger partial charge >= 0.3 is 0 Å². The quantitative estimate of drug-likeness (QED) is 0.0298. The zero-order valence-electron chi connectivity index (χ0n) is 56.6. The third-order valence-electron chi connectivity index (χ3n) is 19.2. The lowest BCUT2D eigenvalue weighted by Gasteiger charge is -2.42. The van der Waals surface area contributed by atoms with Gasteiger partial charge in [-0.2, -0.15) is 0 Å². The van der Waals surface area contributed by atoms with Crippen LogP contribution >= 0.6 is 0 Å². The summed E-state index contributed by atoms with van der Waals surface area (Å²) in [6, 6.07) is 91.1. The van der Waals surface area contributed by atoms with Crippen molar-refractivity contribution in [3.05, 3.63) is 308 Å². The Balaban J connectivity index is 0.614. The highest BCUT2D eigenvalue weighted by molar-refractivity contribution is 6.25. The van der Waals surface area contributed by atoms with Gasteiger partial charge in [0.2, 0.25) is 0 Å². The minimum atomic E-state index is 0.405. The first-order valence-electron chi connectivity index (χ1n) is 35.1. The molecule has 0 aliphatic carbocycles. The lowest BCUT2D eigenvalue weighted by atomic mass is 9.85. The van der Waals surface area contributed by atoms with Crippen molar-refractivity contribution in [3.8, 4) is 28.4 Å². The van der Waals surface area contributed by atoms with E-state index < -0.39 is 0 Å². The molecule has 0 fully saturated rings. The Bertz CT molecular complexity index is 5300. The fourth-order valence-electron chi connectivity index (χ4n) is 14.2. The second-order valence-electron chi connectivity index (χ2n) is 25.8. The van der Waals surface area contributed by atoms with Crippen LogP contribution < -0.4 is 35.5 Å². The minimum absolute atomic E-state index is 0.405.